The number of amides is 1. The fourth-order valence-corrected chi connectivity index (χ4v) is 2.99. The molecule has 0 saturated carbocycles. The summed E-state index contributed by atoms with van der Waals surface area (Å²) < 4.78 is 45.7. The molecule has 1 aromatic heterocycles. The third kappa shape index (κ3) is 5.42. The van der Waals surface area contributed by atoms with Crippen molar-refractivity contribution in [2.75, 3.05) is 5.32 Å². The number of carbonyl (C=O) groups is 1. The quantitative estimate of drug-likeness (QED) is 0.415. The van der Waals surface area contributed by atoms with Crippen molar-refractivity contribution < 1.29 is 27.6 Å². The number of nitrogens with zero attached hydrogens (tertiary/aromatic N) is 3. The zero-order valence-corrected chi connectivity index (χ0v) is 17.4. The van der Waals surface area contributed by atoms with E-state index in [1.165, 1.54) is 19.1 Å². The van der Waals surface area contributed by atoms with E-state index in [4.69, 9.17) is 4.74 Å². The van der Waals surface area contributed by atoms with Crippen LogP contribution in [0.4, 0.5) is 24.5 Å². The lowest BCUT2D eigenvalue weighted by Crippen LogP contribution is -2.23. The van der Waals surface area contributed by atoms with Crippen LogP contribution in [0.15, 0.2) is 42.5 Å². The molecule has 3 rings (SSSR count). The summed E-state index contributed by atoms with van der Waals surface area (Å²) in [7, 11) is 0. The highest BCUT2D eigenvalue weighted by Crippen LogP contribution is 2.32. The molecule has 0 aliphatic carbocycles. The van der Waals surface area contributed by atoms with Crippen LogP contribution in [0.2, 0.25) is 0 Å². The lowest BCUT2D eigenvalue weighted by molar-refractivity contribution is -0.384. The molecule has 0 atom stereocenters. The molecule has 168 valence electrons. The van der Waals surface area contributed by atoms with Gasteiger partial charge >= 0.3 is 6.18 Å². The fraction of sp³-hybridized carbons (Fsp3) is 0.238. The average molecular weight is 448 g/mol. The Kier molecular flexibility index (Phi) is 6.19. The number of non-ortho nitro benzene ring substituents is 1. The molecule has 0 radical (unpaired) electrons. The zero-order chi connectivity index (χ0) is 23.6. The van der Waals surface area contributed by atoms with Gasteiger partial charge in [-0.1, -0.05) is 12.1 Å². The van der Waals surface area contributed by atoms with E-state index in [1.807, 2.05) is 19.1 Å². The fourth-order valence-electron chi connectivity index (χ4n) is 2.99. The van der Waals surface area contributed by atoms with Gasteiger partial charge in [0.1, 0.15) is 23.7 Å². The summed E-state index contributed by atoms with van der Waals surface area (Å²) in [5.74, 6) is -0.268. The first-order valence-electron chi connectivity index (χ1n) is 9.38. The van der Waals surface area contributed by atoms with Crippen molar-refractivity contribution in [3.8, 4) is 11.5 Å². The summed E-state index contributed by atoms with van der Waals surface area (Å²) in [5, 5.41) is 17.4. The van der Waals surface area contributed by atoms with Crippen LogP contribution in [0.25, 0.3) is 0 Å². The highest BCUT2D eigenvalue weighted by atomic mass is 19.4. The molecule has 1 amide bonds. The molecule has 1 N–H and O–H groups in total. The second kappa shape index (κ2) is 8.69. The number of aromatic nitrogens is 2. The van der Waals surface area contributed by atoms with Gasteiger partial charge in [0, 0.05) is 12.1 Å². The molecule has 0 aliphatic rings. The summed E-state index contributed by atoms with van der Waals surface area (Å²) in [6.07, 6.45) is -4.68. The molecule has 11 heteroatoms. The smallest absolute Gasteiger partial charge is 0.433 e. The monoisotopic (exact) mass is 448 g/mol. The Morgan fingerprint density at radius 2 is 1.88 bits per heavy atom. The molecule has 0 fully saturated rings. The van der Waals surface area contributed by atoms with Crippen LogP contribution in [-0.4, -0.2) is 20.6 Å². The highest BCUT2D eigenvalue weighted by Gasteiger charge is 2.35. The van der Waals surface area contributed by atoms with Gasteiger partial charge in [0.05, 0.1) is 22.4 Å². The number of halogens is 3. The summed E-state index contributed by atoms with van der Waals surface area (Å²) in [6, 6.07) is 9.93. The van der Waals surface area contributed by atoms with Crippen LogP contribution in [0.3, 0.4) is 0 Å². The van der Waals surface area contributed by atoms with Gasteiger partial charge in [-0.15, -0.1) is 0 Å². The van der Waals surface area contributed by atoms with Gasteiger partial charge in [0.15, 0.2) is 0 Å². The van der Waals surface area contributed by atoms with E-state index in [1.54, 1.807) is 13.0 Å². The van der Waals surface area contributed by atoms with Gasteiger partial charge in [-0.25, -0.2) is 0 Å². The maximum absolute atomic E-state index is 13.1. The molecule has 3 aromatic rings. The minimum absolute atomic E-state index is 0.00180. The van der Waals surface area contributed by atoms with Gasteiger partial charge in [-0.2, -0.15) is 18.3 Å². The van der Waals surface area contributed by atoms with Gasteiger partial charge < -0.3 is 10.1 Å². The van der Waals surface area contributed by atoms with Crippen LogP contribution >= 0.6 is 0 Å². The lowest BCUT2D eigenvalue weighted by atomic mass is 10.1. The van der Waals surface area contributed by atoms with Crippen LogP contribution in [0.5, 0.6) is 11.5 Å². The Hall–Kier alpha value is -3.89. The van der Waals surface area contributed by atoms with Crippen molar-refractivity contribution in [2.45, 2.75) is 33.5 Å². The molecule has 0 saturated heterocycles. The average Bonchev–Trinajstić information content (AvgIpc) is 3.05. The van der Waals surface area contributed by atoms with Crippen LogP contribution in [-0.2, 0) is 17.5 Å². The number of benzene rings is 2. The maximum atomic E-state index is 13.1. The summed E-state index contributed by atoms with van der Waals surface area (Å²) in [5.41, 5.74) is 0.393. The van der Waals surface area contributed by atoms with E-state index in [0.717, 1.165) is 23.3 Å². The predicted octanol–water partition coefficient (Wildman–Crippen LogP) is 5.17. The van der Waals surface area contributed by atoms with Crippen molar-refractivity contribution in [3.63, 3.8) is 0 Å². The zero-order valence-electron chi connectivity index (χ0n) is 17.4. The van der Waals surface area contributed by atoms with Gasteiger partial charge in [0.25, 0.3) is 5.69 Å². The van der Waals surface area contributed by atoms with E-state index in [0.29, 0.717) is 10.4 Å². The number of aryl methyl sites for hydroxylation is 3. The van der Waals surface area contributed by atoms with Crippen LogP contribution < -0.4 is 10.1 Å². The number of anilines is 1. The highest BCUT2D eigenvalue weighted by molar-refractivity contribution is 5.91. The van der Waals surface area contributed by atoms with E-state index in [9.17, 15) is 28.1 Å². The topological polar surface area (TPSA) is 99.3 Å². The van der Waals surface area contributed by atoms with Crippen molar-refractivity contribution in [3.05, 3.63) is 75.1 Å². The van der Waals surface area contributed by atoms with E-state index >= 15 is 0 Å². The molecule has 0 spiro atoms. The standard InChI is InChI=1S/C21H19F3N4O4/c1-12-4-5-13(2)18(6-12)32-17-9-15(8-16(10-17)28(30)31)25-20(29)11-27-19(21(22,23)24)7-14(3)26-27/h4-10H,11H2,1-3H3,(H,25,29). The Morgan fingerprint density at radius 1 is 1.16 bits per heavy atom. The number of alkyl halides is 3. The maximum Gasteiger partial charge on any atom is 0.433 e. The van der Waals surface area contributed by atoms with Gasteiger partial charge in [0.2, 0.25) is 5.91 Å². The van der Waals surface area contributed by atoms with E-state index in [2.05, 4.69) is 10.4 Å². The number of carbonyl (C=O) groups excluding carboxylic acids is 1. The molecular formula is C21H19F3N4O4. The predicted molar refractivity (Wildman–Crippen MR) is 110 cm³/mol. The van der Waals surface area contributed by atoms with Crippen molar-refractivity contribution in [1.29, 1.82) is 0 Å². The third-order valence-electron chi connectivity index (χ3n) is 4.44. The van der Waals surface area contributed by atoms with Crippen molar-refractivity contribution >= 4 is 17.3 Å². The minimum atomic E-state index is -4.68. The minimum Gasteiger partial charge on any atom is -0.457 e. The summed E-state index contributed by atoms with van der Waals surface area (Å²) in [6.45, 7) is 4.32. The molecule has 0 unspecified atom stereocenters. The molecular weight excluding hydrogens is 429 g/mol. The van der Waals surface area contributed by atoms with Crippen molar-refractivity contribution in [1.82, 2.24) is 9.78 Å². The Balaban J connectivity index is 1.86. The second-order valence-electron chi connectivity index (χ2n) is 7.22. The molecule has 8 nitrogen and oxygen atoms in total. The summed E-state index contributed by atoms with van der Waals surface area (Å²) >= 11 is 0. The van der Waals surface area contributed by atoms with Crippen LogP contribution in [0, 0.1) is 30.9 Å². The van der Waals surface area contributed by atoms with E-state index < -0.39 is 29.2 Å². The van der Waals surface area contributed by atoms with Crippen molar-refractivity contribution in [2.24, 2.45) is 0 Å². The van der Waals surface area contributed by atoms with E-state index in [-0.39, 0.29) is 22.8 Å². The molecule has 1 heterocycles. The third-order valence-corrected chi connectivity index (χ3v) is 4.44. The Bertz CT molecular complexity index is 1190. The SMILES string of the molecule is Cc1ccc(C)c(Oc2cc(NC(=O)Cn3nc(C)cc3C(F)(F)F)cc([N+](=O)[O-])c2)c1. The second-order valence-corrected chi connectivity index (χ2v) is 7.22. The van der Waals surface area contributed by atoms with Gasteiger partial charge in [-0.3, -0.25) is 19.6 Å². The number of nitro groups is 1. The first kappa shape index (κ1) is 22.8. The molecule has 2 aromatic carbocycles. The first-order valence-corrected chi connectivity index (χ1v) is 9.38. The Labute approximate surface area is 180 Å². The number of nitrogens with one attached hydrogen (secondary N) is 1. The van der Waals surface area contributed by atoms with Crippen LogP contribution in [0.1, 0.15) is 22.5 Å². The number of nitro benzene ring substituents is 1. The Morgan fingerprint density at radius 3 is 2.53 bits per heavy atom. The van der Waals surface area contributed by atoms with Gasteiger partial charge in [-0.05, 0) is 44.0 Å². The molecule has 0 bridgehead atoms. The number of hydrogen-bond donors (Lipinski definition) is 1. The first-order chi connectivity index (χ1) is 14.9. The summed E-state index contributed by atoms with van der Waals surface area (Å²) in [4.78, 5) is 23.0. The number of ether oxygens (including phenoxy) is 1. The number of rotatable bonds is 6. The number of hydrogen-bond acceptors (Lipinski definition) is 5. The lowest BCUT2D eigenvalue weighted by Gasteiger charge is -2.13. The normalized spacial score (nSPS) is 11.3. The largest absolute Gasteiger partial charge is 0.457 e. The molecule has 32 heavy (non-hydrogen) atoms. The molecule has 0 aliphatic heterocycles.